The van der Waals surface area contributed by atoms with Crippen LogP contribution >= 0.6 is 24.4 Å². The van der Waals surface area contributed by atoms with Crippen molar-refractivity contribution in [3.63, 3.8) is 0 Å². The van der Waals surface area contributed by atoms with Crippen LogP contribution in [0.15, 0.2) is 24.4 Å². The molecule has 0 unspecified atom stereocenters. The van der Waals surface area contributed by atoms with E-state index >= 15 is 0 Å². The third-order valence-corrected chi connectivity index (χ3v) is 2.49. The first-order chi connectivity index (χ1) is 8.09. The lowest BCUT2D eigenvalue weighted by Crippen LogP contribution is -2.18. The lowest BCUT2D eigenvalue weighted by molar-refractivity contribution is 1.22. The highest BCUT2D eigenvalue weighted by molar-refractivity contribution is 7.81. The van der Waals surface area contributed by atoms with Crippen LogP contribution in [0, 0.1) is 0 Å². The average Bonchev–Trinajstić information content (AvgIpc) is 2.75. The topological polar surface area (TPSA) is 93.6 Å². The minimum Gasteiger partial charge on any atom is -0.388 e. The largest absolute Gasteiger partial charge is 0.388 e. The van der Waals surface area contributed by atoms with Gasteiger partial charge in [0.15, 0.2) is 5.82 Å². The Kier molecular flexibility index (Phi) is 3.12. The lowest BCUT2D eigenvalue weighted by atomic mass is 10.3. The van der Waals surface area contributed by atoms with E-state index in [4.69, 9.17) is 35.9 Å². The Morgan fingerprint density at radius 1 is 1.18 bits per heavy atom. The van der Waals surface area contributed by atoms with Gasteiger partial charge < -0.3 is 16.5 Å². The van der Waals surface area contributed by atoms with E-state index in [0.29, 0.717) is 22.9 Å². The maximum atomic E-state index is 5.57. The summed E-state index contributed by atoms with van der Waals surface area (Å²) < 4.78 is 0. The number of nitrogens with one attached hydrogen (secondary N) is 1. The molecule has 0 aliphatic carbocycles. The first kappa shape index (κ1) is 11.6. The SMILES string of the molecule is NC(=S)c1nc(-c2ccccn2)[nH]c1C(N)=S. The first-order valence-corrected chi connectivity index (χ1v) is 5.52. The van der Waals surface area contributed by atoms with E-state index in [0.717, 1.165) is 0 Å². The van der Waals surface area contributed by atoms with Gasteiger partial charge in [0, 0.05) is 6.20 Å². The van der Waals surface area contributed by atoms with Crippen LogP contribution in [0.3, 0.4) is 0 Å². The maximum absolute atomic E-state index is 5.57. The molecule has 0 aliphatic rings. The van der Waals surface area contributed by atoms with Crippen LogP contribution in [-0.4, -0.2) is 24.9 Å². The molecule has 0 amide bonds. The van der Waals surface area contributed by atoms with E-state index in [-0.39, 0.29) is 9.98 Å². The summed E-state index contributed by atoms with van der Waals surface area (Å²) in [6.45, 7) is 0. The molecule has 0 aromatic carbocycles. The van der Waals surface area contributed by atoms with Crippen LogP contribution < -0.4 is 11.5 Å². The second kappa shape index (κ2) is 4.56. The summed E-state index contributed by atoms with van der Waals surface area (Å²) in [6.07, 6.45) is 1.67. The van der Waals surface area contributed by atoms with Gasteiger partial charge in [-0.15, -0.1) is 0 Å². The highest BCUT2D eigenvalue weighted by Crippen LogP contribution is 2.15. The summed E-state index contributed by atoms with van der Waals surface area (Å²) in [5.41, 5.74) is 12.7. The highest BCUT2D eigenvalue weighted by atomic mass is 32.1. The average molecular weight is 263 g/mol. The molecule has 5 N–H and O–H groups in total. The van der Waals surface area contributed by atoms with Crippen LogP contribution in [0.5, 0.6) is 0 Å². The molecular formula is C10H9N5S2. The number of thiocarbonyl (C=S) groups is 2. The minimum atomic E-state index is 0.145. The number of aromatic amines is 1. The highest BCUT2D eigenvalue weighted by Gasteiger charge is 2.15. The van der Waals surface area contributed by atoms with Crippen molar-refractivity contribution >= 4 is 34.4 Å². The molecule has 2 aromatic heterocycles. The molecule has 2 aromatic rings. The quantitative estimate of drug-likeness (QED) is 0.707. The van der Waals surface area contributed by atoms with Gasteiger partial charge >= 0.3 is 0 Å². The van der Waals surface area contributed by atoms with E-state index in [1.54, 1.807) is 6.20 Å². The number of imidazole rings is 1. The maximum Gasteiger partial charge on any atom is 0.157 e. The summed E-state index contributed by atoms with van der Waals surface area (Å²) in [4.78, 5) is 11.7. The van der Waals surface area contributed by atoms with E-state index in [1.807, 2.05) is 18.2 Å². The third-order valence-electron chi connectivity index (χ3n) is 2.09. The zero-order valence-electron chi connectivity index (χ0n) is 8.68. The molecule has 0 saturated heterocycles. The molecule has 7 heteroatoms. The number of hydrogen-bond donors (Lipinski definition) is 3. The van der Waals surface area contributed by atoms with Crippen molar-refractivity contribution in [2.24, 2.45) is 11.5 Å². The summed E-state index contributed by atoms with van der Waals surface area (Å²) >= 11 is 9.79. The predicted molar refractivity (Wildman–Crippen MR) is 73.6 cm³/mol. The molecular weight excluding hydrogens is 254 g/mol. The number of rotatable bonds is 3. The Labute approximate surface area is 108 Å². The molecule has 0 atom stereocenters. The number of H-pyrrole nitrogens is 1. The third kappa shape index (κ3) is 2.29. The van der Waals surface area contributed by atoms with Crippen molar-refractivity contribution < 1.29 is 0 Å². The standard InChI is InChI=1S/C10H9N5S2/c11-8(16)6-7(9(12)17)15-10(14-6)5-3-1-2-4-13-5/h1-4H,(H2,11,16)(H2,12,17)(H,14,15). The molecule has 17 heavy (non-hydrogen) atoms. The number of nitrogens with two attached hydrogens (primary N) is 2. The van der Waals surface area contributed by atoms with Crippen LogP contribution in [-0.2, 0) is 0 Å². The second-order valence-electron chi connectivity index (χ2n) is 3.25. The van der Waals surface area contributed by atoms with Gasteiger partial charge in [-0.25, -0.2) is 4.98 Å². The molecule has 0 fully saturated rings. The Hall–Kier alpha value is -1.86. The van der Waals surface area contributed by atoms with Crippen molar-refractivity contribution in [2.45, 2.75) is 0 Å². The Morgan fingerprint density at radius 3 is 2.41 bits per heavy atom. The van der Waals surface area contributed by atoms with Gasteiger partial charge in [-0.2, -0.15) is 0 Å². The van der Waals surface area contributed by atoms with Crippen LogP contribution in [0.4, 0.5) is 0 Å². The number of hydrogen-bond acceptors (Lipinski definition) is 4. The van der Waals surface area contributed by atoms with E-state index in [9.17, 15) is 0 Å². The van der Waals surface area contributed by atoms with Crippen LogP contribution in [0.25, 0.3) is 11.5 Å². The van der Waals surface area contributed by atoms with Crippen molar-refractivity contribution in [1.29, 1.82) is 0 Å². The van der Waals surface area contributed by atoms with Crippen molar-refractivity contribution in [3.05, 3.63) is 35.8 Å². The zero-order chi connectivity index (χ0) is 12.4. The normalized spacial score (nSPS) is 10.1. The number of aromatic nitrogens is 3. The zero-order valence-corrected chi connectivity index (χ0v) is 10.3. The van der Waals surface area contributed by atoms with Gasteiger partial charge in [0.1, 0.15) is 27.1 Å². The first-order valence-electron chi connectivity index (χ1n) is 4.70. The van der Waals surface area contributed by atoms with E-state index in [1.165, 1.54) is 0 Å². The predicted octanol–water partition coefficient (Wildman–Crippen LogP) is 0.740. The summed E-state index contributed by atoms with van der Waals surface area (Å²) in [6, 6.07) is 5.48. The van der Waals surface area contributed by atoms with Gasteiger partial charge in [-0.05, 0) is 12.1 Å². The fourth-order valence-corrected chi connectivity index (χ4v) is 1.65. The molecule has 5 nitrogen and oxygen atoms in total. The van der Waals surface area contributed by atoms with Gasteiger partial charge in [-0.3, -0.25) is 4.98 Å². The van der Waals surface area contributed by atoms with Crippen molar-refractivity contribution in [1.82, 2.24) is 15.0 Å². The Bertz CT molecular complexity index is 544. The molecule has 0 aliphatic heterocycles. The van der Waals surface area contributed by atoms with Crippen molar-refractivity contribution in [2.75, 3.05) is 0 Å². The monoisotopic (exact) mass is 263 g/mol. The summed E-state index contributed by atoms with van der Waals surface area (Å²) in [7, 11) is 0. The molecule has 0 radical (unpaired) electrons. The fourth-order valence-electron chi connectivity index (χ4n) is 1.35. The minimum absolute atomic E-state index is 0.145. The Balaban J connectivity index is 2.55. The summed E-state index contributed by atoms with van der Waals surface area (Å²) in [5.74, 6) is 0.538. The smallest absolute Gasteiger partial charge is 0.157 e. The molecule has 0 spiro atoms. The molecule has 86 valence electrons. The molecule has 0 saturated carbocycles. The number of pyridine rings is 1. The van der Waals surface area contributed by atoms with Gasteiger partial charge in [-0.1, -0.05) is 30.5 Å². The molecule has 0 bridgehead atoms. The molecule has 2 heterocycles. The summed E-state index contributed by atoms with van der Waals surface area (Å²) in [5, 5.41) is 0. The van der Waals surface area contributed by atoms with E-state index < -0.39 is 0 Å². The second-order valence-corrected chi connectivity index (χ2v) is 4.13. The fraction of sp³-hybridized carbons (Fsp3) is 0. The number of nitrogens with zero attached hydrogens (tertiary/aromatic N) is 2. The van der Waals surface area contributed by atoms with Gasteiger partial charge in [0.25, 0.3) is 0 Å². The van der Waals surface area contributed by atoms with Crippen LogP contribution in [0.2, 0.25) is 0 Å². The lowest BCUT2D eigenvalue weighted by Gasteiger charge is -1.95. The Morgan fingerprint density at radius 2 is 1.94 bits per heavy atom. The van der Waals surface area contributed by atoms with Crippen LogP contribution in [0.1, 0.15) is 11.4 Å². The van der Waals surface area contributed by atoms with Gasteiger partial charge in [0.05, 0.1) is 0 Å². The molecule has 2 rings (SSSR count). The van der Waals surface area contributed by atoms with E-state index in [2.05, 4.69) is 15.0 Å². The van der Waals surface area contributed by atoms with Crippen molar-refractivity contribution in [3.8, 4) is 11.5 Å². The van der Waals surface area contributed by atoms with Gasteiger partial charge in [0.2, 0.25) is 0 Å².